The molecule has 10 rings (SSSR count). The summed E-state index contributed by atoms with van der Waals surface area (Å²) in [5.74, 6) is 6.35. The Morgan fingerprint density at radius 3 is 1.34 bits per heavy atom. The summed E-state index contributed by atoms with van der Waals surface area (Å²) in [7, 11) is -1.52. The van der Waals surface area contributed by atoms with Crippen LogP contribution in [-0.4, -0.2) is 11.6 Å². The van der Waals surface area contributed by atoms with E-state index in [4.69, 9.17) is 12.8 Å². The summed E-state index contributed by atoms with van der Waals surface area (Å²) >= 11 is 0. The number of hydrogen-bond donors (Lipinski definition) is 0. The summed E-state index contributed by atoms with van der Waals surface area (Å²) in [6.07, 6.45) is 27.0. The van der Waals surface area contributed by atoms with E-state index in [-0.39, 0.29) is 44.8 Å². The van der Waals surface area contributed by atoms with Crippen LogP contribution in [0.25, 0.3) is 22.3 Å². The van der Waals surface area contributed by atoms with Crippen molar-refractivity contribution in [2.45, 2.75) is 24.9 Å². The van der Waals surface area contributed by atoms with E-state index in [2.05, 4.69) is 188 Å². The molecule has 0 aromatic heterocycles. The molecule has 0 spiro atoms. The molecule has 0 heterocycles. The van der Waals surface area contributed by atoms with Crippen molar-refractivity contribution in [1.29, 1.82) is 0 Å². The minimum atomic E-state index is -0.807. The van der Waals surface area contributed by atoms with Gasteiger partial charge in [-0.1, -0.05) is 168 Å². The van der Waals surface area contributed by atoms with Gasteiger partial charge in [-0.25, -0.2) is 0 Å². The van der Waals surface area contributed by atoms with Crippen LogP contribution in [0.3, 0.4) is 0 Å². The van der Waals surface area contributed by atoms with Gasteiger partial charge >= 0.3 is 44.8 Å². The van der Waals surface area contributed by atoms with E-state index in [0.29, 0.717) is 5.66 Å². The van der Waals surface area contributed by atoms with Gasteiger partial charge in [0.25, 0.3) is 0 Å². The molecule has 2 atom stereocenters. The molecule has 3 aliphatic rings. The Hall–Kier alpha value is -4.52. The standard InChI is InChI=1S/C25H24P2.2C15H9.Ag.Au/c1-5-13-22(14-6-1)26(23-15-7-2-8-16-23)21-27(24-17-9-3-10-18-24)25-19-11-4-12-20-25;2*1-2-11-7-5-8-13-10-12-6-3-4-9-14(12)15(11)13;;/h1-19,25H,20-21H2;2*3-9H,10H2;;/q;2*-1;2*+1/p+2. The molecule has 0 fully saturated rings. The van der Waals surface area contributed by atoms with Gasteiger partial charge in [-0.05, 0) is 77.6 Å². The van der Waals surface area contributed by atoms with Crippen LogP contribution in [0.4, 0.5) is 0 Å². The van der Waals surface area contributed by atoms with Gasteiger partial charge in [0.1, 0.15) is 18.5 Å². The maximum absolute atomic E-state index is 7.30. The quantitative estimate of drug-likeness (QED) is 0.0674. The summed E-state index contributed by atoms with van der Waals surface area (Å²) in [6, 6.07) is 62.6. The van der Waals surface area contributed by atoms with Crippen molar-refractivity contribution in [2.75, 3.05) is 5.90 Å². The number of hydrogen-bond acceptors (Lipinski definition) is 0. The van der Waals surface area contributed by atoms with Crippen LogP contribution in [0, 0.1) is 24.7 Å². The molecule has 0 amide bonds. The van der Waals surface area contributed by atoms with Crippen molar-refractivity contribution in [3.63, 3.8) is 0 Å². The van der Waals surface area contributed by atoms with Crippen LogP contribution < -0.4 is 15.9 Å². The first-order chi connectivity index (χ1) is 28.2. The number of rotatable bonds is 6. The van der Waals surface area contributed by atoms with E-state index in [0.717, 1.165) is 24.0 Å². The molecule has 0 radical (unpaired) electrons. The number of fused-ring (bicyclic) bond motifs is 6. The summed E-state index contributed by atoms with van der Waals surface area (Å²) in [6.45, 7) is 0. The van der Waals surface area contributed by atoms with Crippen molar-refractivity contribution >= 4 is 31.8 Å². The first kappa shape index (κ1) is 44.0. The topological polar surface area (TPSA) is 0 Å². The van der Waals surface area contributed by atoms with Crippen LogP contribution in [-0.2, 0) is 57.6 Å². The van der Waals surface area contributed by atoms with Gasteiger partial charge in [-0.3, -0.25) is 11.8 Å². The fourth-order valence-electron chi connectivity index (χ4n) is 8.36. The van der Waals surface area contributed by atoms with Gasteiger partial charge in [-0.2, -0.15) is 0 Å². The monoisotopic (exact) mass is 1070 g/mol. The molecule has 0 saturated heterocycles. The molecule has 2 unspecified atom stereocenters. The second-order valence-electron chi connectivity index (χ2n) is 14.5. The molecule has 7 aromatic rings. The Labute approximate surface area is 384 Å². The Morgan fingerprint density at radius 2 is 0.898 bits per heavy atom. The molecule has 0 aliphatic heterocycles. The van der Waals surface area contributed by atoms with Crippen LogP contribution in [0.1, 0.15) is 39.8 Å². The van der Waals surface area contributed by atoms with Crippen molar-refractivity contribution in [1.82, 2.24) is 0 Å². The van der Waals surface area contributed by atoms with Crippen molar-refractivity contribution < 1.29 is 44.8 Å². The maximum Gasteiger partial charge on any atom is 1.00 e. The van der Waals surface area contributed by atoms with Gasteiger partial charge < -0.3 is 12.8 Å². The van der Waals surface area contributed by atoms with E-state index in [9.17, 15) is 0 Å². The van der Waals surface area contributed by atoms with E-state index in [1.54, 1.807) is 5.30 Å². The van der Waals surface area contributed by atoms with Gasteiger partial charge in [0, 0.05) is 6.42 Å². The summed E-state index contributed by atoms with van der Waals surface area (Å²) in [5.41, 5.74) is 12.7. The zero-order valence-electron chi connectivity index (χ0n) is 32.6. The average molecular weight is 1070 g/mol. The molecule has 0 saturated carbocycles. The third kappa shape index (κ3) is 10.3. The smallest absolute Gasteiger partial charge is 0.366 e. The van der Waals surface area contributed by atoms with Gasteiger partial charge in [0.15, 0.2) is 5.90 Å². The second-order valence-corrected chi connectivity index (χ2v) is 20.4. The molecule has 4 heteroatoms. The van der Waals surface area contributed by atoms with E-state index in [1.807, 2.05) is 24.3 Å². The van der Waals surface area contributed by atoms with Gasteiger partial charge in [-0.15, -0.1) is 23.3 Å². The van der Waals surface area contributed by atoms with Crippen molar-refractivity contribution in [3.05, 3.63) is 246 Å². The third-order valence-electron chi connectivity index (χ3n) is 11.1. The SMILES string of the molecule is C1=CCC([PH+](C[PH+](c2ccccc2)c2ccccc2)c2ccccc2)C=C1.[Ag+].[Au+].[C-]#Cc1cccc2c1-c1ccccc1C2.[C-]#Cc1cccc2c1-c1ccccc1C2. The molecule has 7 aromatic carbocycles. The zero-order chi connectivity index (χ0) is 38.8. The maximum atomic E-state index is 7.30. The Bertz CT molecular complexity index is 2470. The summed E-state index contributed by atoms with van der Waals surface area (Å²) < 4.78 is 0. The molecular formula is C55H44AgAuP2+2. The fourth-order valence-corrected chi connectivity index (χ4v) is 16.7. The predicted molar refractivity (Wildman–Crippen MR) is 248 cm³/mol. The molecule has 0 N–H and O–H groups in total. The Balaban J connectivity index is 0.000000156. The summed E-state index contributed by atoms with van der Waals surface area (Å²) in [5, 5.41) is 4.63. The molecule has 0 bridgehead atoms. The third-order valence-corrected chi connectivity index (χ3v) is 18.5. The minimum Gasteiger partial charge on any atom is -0.366 e. The number of benzene rings is 7. The normalized spacial score (nSPS) is 13.8. The zero-order valence-corrected chi connectivity index (χ0v) is 38.2. The van der Waals surface area contributed by atoms with Crippen molar-refractivity contribution in [3.8, 4) is 34.1 Å². The molecule has 294 valence electrons. The molecule has 0 nitrogen and oxygen atoms in total. The van der Waals surface area contributed by atoms with Crippen LogP contribution in [0.2, 0.25) is 0 Å². The fraction of sp³-hybridized carbons (Fsp3) is 0.0909. The van der Waals surface area contributed by atoms with Crippen LogP contribution >= 0.6 is 15.8 Å². The second kappa shape index (κ2) is 21.7. The van der Waals surface area contributed by atoms with Crippen molar-refractivity contribution in [2.24, 2.45) is 0 Å². The minimum absolute atomic E-state index is 0. The average Bonchev–Trinajstić information content (AvgIpc) is 3.87. The predicted octanol–water partition coefficient (Wildman–Crippen LogP) is 11.6. The van der Waals surface area contributed by atoms with Crippen LogP contribution in [0.15, 0.2) is 200 Å². The van der Waals surface area contributed by atoms with Gasteiger partial charge in [0.05, 0.1) is 18.9 Å². The van der Waals surface area contributed by atoms with Crippen LogP contribution in [0.5, 0.6) is 0 Å². The summed E-state index contributed by atoms with van der Waals surface area (Å²) in [4.78, 5) is 0. The first-order valence-corrected chi connectivity index (χ1v) is 23.2. The number of allylic oxidation sites excluding steroid dienone is 4. The Kier molecular flexibility index (Phi) is 16.2. The molecule has 3 aliphatic carbocycles. The Morgan fingerprint density at radius 1 is 0.475 bits per heavy atom. The van der Waals surface area contributed by atoms with E-state index in [1.165, 1.54) is 67.4 Å². The first-order valence-electron chi connectivity index (χ1n) is 19.7. The molecule has 59 heavy (non-hydrogen) atoms. The van der Waals surface area contributed by atoms with E-state index < -0.39 is 15.8 Å². The molecular weight excluding hydrogens is 1030 g/mol. The largest absolute Gasteiger partial charge is 1.00 e. The van der Waals surface area contributed by atoms with Gasteiger partial charge in [0.2, 0.25) is 0 Å². The van der Waals surface area contributed by atoms with E-state index >= 15 is 0 Å².